The first-order chi connectivity index (χ1) is 6.56. The smallest absolute Gasteiger partial charge is 0.134 e. The van der Waals surface area contributed by atoms with Gasteiger partial charge in [0.2, 0.25) is 0 Å². The van der Waals surface area contributed by atoms with E-state index in [1.807, 2.05) is 25.1 Å². The summed E-state index contributed by atoms with van der Waals surface area (Å²) >= 11 is 5.81. The molecule has 0 heterocycles. The van der Waals surface area contributed by atoms with Crippen LogP contribution in [-0.4, -0.2) is 30.6 Å². The number of hydrogen-bond acceptors (Lipinski definition) is 3. The van der Waals surface area contributed by atoms with Gasteiger partial charge in [0.05, 0.1) is 5.02 Å². The molecule has 1 rings (SSSR count). The van der Waals surface area contributed by atoms with Crippen LogP contribution >= 0.6 is 11.6 Å². The third-order valence-electron chi connectivity index (χ3n) is 2.20. The van der Waals surface area contributed by atoms with E-state index in [-0.39, 0.29) is 11.8 Å². The van der Waals surface area contributed by atoms with Crippen LogP contribution in [0.3, 0.4) is 0 Å². The molecule has 0 aliphatic carbocycles. The van der Waals surface area contributed by atoms with Crippen molar-refractivity contribution < 1.29 is 5.11 Å². The Morgan fingerprint density at radius 1 is 1.50 bits per heavy atom. The zero-order valence-electron chi connectivity index (χ0n) is 8.37. The molecule has 0 saturated carbocycles. The van der Waals surface area contributed by atoms with Crippen LogP contribution in [0.1, 0.15) is 11.6 Å². The number of nitrogens with two attached hydrogens (primary N) is 1. The third-order valence-corrected chi connectivity index (χ3v) is 2.51. The van der Waals surface area contributed by atoms with Crippen LogP contribution in [0.4, 0.5) is 0 Å². The quantitative estimate of drug-likeness (QED) is 0.804. The molecule has 1 atom stereocenters. The number of phenolic OH excluding ortho intramolecular Hbond substituents is 1. The van der Waals surface area contributed by atoms with Gasteiger partial charge in [-0.3, -0.25) is 0 Å². The minimum atomic E-state index is 0.102. The van der Waals surface area contributed by atoms with Crippen molar-refractivity contribution in [3.05, 3.63) is 28.8 Å². The van der Waals surface area contributed by atoms with E-state index in [4.69, 9.17) is 17.3 Å². The second kappa shape index (κ2) is 4.64. The Hall–Kier alpha value is -0.770. The molecule has 0 radical (unpaired) electrons. The Morgan fingerprint density at radius 2 is 2.14 bits per heavy atom. The summed E-state index contributed by atoms with van der Waals surface area (Å²) in [6, 6.07) is 5.30. The van der Waals surface area contributed by atoms with E-state index >= 15 is 0 Å². The Bertz CT molecular complexity index is 315. The van der Waals surface area contributed by atoms with E-state index < -0.39 is 0 Å². The molecule has 1 aromatic rings. The fourth-order valence-electron chi connectivity index (χ4n) is 1.38. The number of phenols is 1. The molecule has 0 saturated heterocycles. The summed E-state index contributed by atoms with van der Waals surface area (Å²) in [5, 5.41) is 9.62. The number of benzene rings is 1. The summed E-state index contributed by atoms with van der Waals surface area (Å²) in [6.07, 6.45) is 0. The van der Waals surface area contributed by atoms with Crippen molar-refractivity contribution in [1.82, 2.24) is 4.90 Å². The van der Waals surface area contributed by atoms with Crippen LogP contribution in [0.5, 0.6) is 5.75 Å². The summed E-state index contributed by atoms with van der Waals surface area (Å²) in [5.41, 5.74) is 6.66. The van der Waals surface area contributed by atoms with Crippen LogP contribution in [0, 0.1) is 0 Å². The van der Waals surface area contributed by atoms with Crippen LogP contribution in [0.2, 0.25) is 5.02 Å². The van der Waals surface area contributed by atoms with Crippen LogP contribution < -0.4 is 5.73 Å². The summed E-state index contributed by atoms with van der Waals surface area (Å²) in [5.74, 6) is 0.102. The zero-order valence-corrected chi connectivity index (χ0v) is 9.12. The fraction of sp³-hybridized carbons (Fsp3) is 0.400. The van der Waals surface area contributed by atoms with E-state index in [9.17, 15) is 5.11 Å². The number of rotatable bonds is 3. The minimum absolute atomic E-state index is 0.102. The van der Waals surface area contributed by atoms with Crippen LogP contribution in [-0.2, 0) is 0 Å². The maximum atomic E-state index is 9.26. The van der Waals surface area contributed by atoms with Gasteiger partial charge in [0.1, 0.15) is 5.75 Å². The molecular weight excluding hydrogens is 200 g/mol. The normalized spacial score (nSPS) is 13.2. The van der Waals surface area contributed by atoms with Crippen molar-refractivity contribution in [2.24, 2.45) is 5.73 Å². The summed E-state index contributed by atoms with van der Waals surface area (Å²) in [7, 11) is 3.91. The van der Waals surface area contributed by atoms with Gasteiger partial charge in [0.25, 0.3) is 0 Å². The fourth-order valence-corrected chi connectivity index (χ4v) is 1.56. The highest BCUT2D eigenvalue weighted by molar-refractivity contribution is 6.32. The molecule has 0 aromatic heterocycles. The third kappa shape index (κ3) is 2.38. The number of aromatic hydroxyl groups is 1. The molecule has 0 aliphatic heterocycles. The van der Waals surface area contributed by atoms with Gasteiger partial charge in [-0.2, -0.15) is 0 Å². The average molecular weight is 215 g/mol. The van der Waals surface area contributed by atoms with Crippen LogP contribution in [0.25, 0.3) is 0 Å². The Balaban J connectivity index is 3.00. The second-order valence-corrected chi connectivity index (χ2v) is 3.83. The van der Waals surface area contributed by atoms with E-state index in [0.717, 1.165) is 5.56 Å². The molecule has 4 heteroatoms. The Labute approximate surface area is 89.1 Å². The molecule has 0 bridgehead atoms. The van der Waals surface area contributed by atoms with Crippen LogP contribution in [0.15, 0.2) is 18.2 Å². The predicted molar refractivity (Wildman–Crippen MR) is 58.6 cm³/mol. The SMILES string of the molecule is CN(C)C(CN)c1ccc(O)c(Cl)c1. The van der Waals surface area contributed by atoms with Gasteiger partial charge >= 0.3 is 0 Å². The Kier molecular flexibility index (Phi) is 3.75. The van der Waals surface area contributed by atoms with Gasteiger partial charge < -0.3 is 15.7 Å². The average Bonchev–Trinajstić information content (AvgIpc) is 2.11. The Morgan fingerprint density at radius 3 is 2.57 bits per heavy atom. The first-order valence-electron chi connectivity index (χ1n) is 4.41. The van der Waals surface area contributed by atoms with Gasteiger partial charge in [0.15, 0.2) is 0 Å². The molecule has 1 aromatic carbocycles. The lowest BCUT2D eigenvalue weighted by Gasteiger charge is -2.23. The van der Waals surface area contributed by atoms with Crippen molar-refractivity contribution >= 4 is 11.6 Å². The van der Waals surface area contributed by atoms with Gasteiger partial charge in [-0.05, 0) is 31.8 Å². The molecule has 3 N–H and O–H groups in total. The first-order valence-corrected chi connectivity index (χ1v) is 4.79. The lowest BCUT2D eigenvalue weighted by atomic mass is 10.1. The summed E-state index contributed by atoms with van der Waals surface area (Å²) in [4.78, 5) is 2.02. The van der Waals surface area contributed by atoms with E-state index in [2.05, 4.69) is 0 Å². The van der Waals surface area contributed by atoms with Crippen molar-refractivity contribution in [2.75, 3.05) is 20.6 Å². The number of nitrogens with zero attached hydrogens (tertiary/aromatic N) is 1. The van der Waals surface area contributed by atoms with Crippen molar-refractivity contribution in [3.8, 4) is 5.75 Å². The predicted octanol–water partition coefficient (Wildman–Crippen LogP) is 1.61. The highest BCUT2D eigenvalue weighted by atomic mass is 35.5. The van der Waals surface area contributed by atoms with Gasteiger partial charge in [-0.1, -0.05) is 17.7 Å². The van der Waals surface area contributed by atoms with E-state index in [1.54, 1.807) is 12.1 Å². The van der Waals surface area contributed by atoms with Crippen molar-refractivity contribution in [3.63, 3.8) is 0 Å². The lowest BCUT2D eigenvalue weighted by molar-refractivity contribution is 0.306. The van der Waals surface area contributed by atoms with Crippen molar-refractivity contribution in [2.45, 2.75) is 6.04 Å². The van der Waals surface area contributed by atoms with Gasteiger partial charge in [-0.25, -0.2) is 0 Å². The van der Waals surface area contributed by atoms with Crippen molar-refractivity contribution in [1.29, 1.82) is 0 Å². The first kappa shape index (κ1) is 11.3. The molecule has 0 amide bonds. The molecular formula is C10H15ClN2O. The molecule has 0 aliphatic rings. The molecule has 3 nitrogen and oxygen atoms in total. The minimum Gasteiger partial charge on any atom is -0.506 e. The summed E-state index contributed by atoms with van der Waals surface area (Å²) in [6.45, 7) is 0.522. The maximum absolute atomic E-state index is 9.26. The summed E-state index contributed by atoms with van der Waals surface area (Å²) < 4.78 is 0. The zero-order chi connectivity index (χ0) is 10.7. The van der Waals surface area contributed by atoms with E-state index in [0.29, 0.717) is 11.6 Å². The molecule has 14 heavy (non-hydrogen) atoms. The molecule has 0 spiro atoms. The topological polar surface area (TPSA) is 49.5 Å². The molecule has 1 unspecified atom stereocenters. The van der Waals surface area contributed by atoms with Gasteiger partial charge in [-0.15, -0.1) is 0 Å². The highest BCUT2D eigenvalue weighted by Gasteiger charge is 2.12. The van der Waals surface area contributed by atoms with E-state index in [1.165, 1.54) is 0 Å². The number of halogens is 1. The molecule has 78 valence electrons. The van der Waals surface area contributed by atoms with Gasteiger partial charge in [0, 0.05) is 12.6 Å². The highest BCUT2D eigenvalue weighted by Crippen LogP contribution is 2.27. The standard InChI is InChI=1S/C10H15ClN2O/c1-13(2)9(6-12)7-3-4-10(14)8(11)5-7/h3-5,9,14H,6,12H2,1-2H3. The maximum Gasteiger partial charge on any atom is 0.134 e. The second-order valence-electron chi connectivity index (χ2n) is 3.43. The monoisotopic (exact) mass is 214 g/mol. The molecule has 0 fully saturated rings. The number of likely N-dealkylation sites (N-methyl/N-ethyl adjacent to an activating group) is 1. The largest absolute Gasteiger partial charge is 0.506 e. The lowest BCUT2D eigenvalue weighted by Crippen LogP contribution is -2.27. The number of hydrogen-bond donors (Lipinski definition) is 2.